The largest absolute Gasteiger partial charge is 0.497 e. The number of hydrogen-bond acceptors (Lipinski definition) is 6. The molecule has 0 unspecified atom stereocenters. The van der Waals surface area contributed by atoms with Gasteiger partial charge >= 0.3 is 0 Å². The molecular weight excluding hydrogens is 376 g/mol. The van der Waals surface area contributed by atoms with Gasteiger partial charge in [-0.2, -0.15) is 10.2 Å². The first-order chi connectivity index (χ1) is 14.5. The van der Waals surface area contributed by atoms with Crippen LogP contribution >= 0.6 is 0 Å². The molecule has 0 bridgehead atoms. The number of rotatable bonds is 6. The van der Waals surface area contributed by atoms with Gasteiger partial charge in [-0.05, 0) is 49.7 Å². The standard InChI is InChI=1S/C23H24N6O/c1-16-11-17(2)29(27-16)20-9-5-7-18(12-20)15-28(3)23-25-22(14-24-26-23)19-8-6-10-21(13-19)30-4/h5-14H,15H2,1-4H3. The number of ether oxygens (including phenoxy) is 1. The monoisotopic (exact) mass is 400 g/mol. The van der Waals surface area contributed by atoms with Gasteiger partial charge in [0.05, 0.1) is 30.4 Å². The quantitative estimate of drug-likeness (QED) is 0.488. The highest BCUT2D eigenvalue weighted by molar-refractivity contribution is 5.61. The third kappa shape index (κ3) is 4.15. The van der Waals surface area contributed by atoms with E-state index >= 15 is 0 Å². The lowest BCUT2D eigenvalue weighted by atomic mass is 10.1. The van der Waals surface area contributed by atoms with Crippen molar-refractivity contribution in [2.24, 2.45) is 0 Å². The van der Waals surface area contributed by atoms with E-state index in [1.54, 1.807) is 13.3 Å². The maximum atomic E-state index is 5.31. The van der Waals surface area contributed by atoms with Gasteiger partial charge in [-0.25, -0.2) is 9.67 Å². The number of nitrogens with zero attached hydrogens (tertiary/aromatic N) is 6. The molecule has 0 aliphatic rings. The fourth-order valence-corrected chi connectivity index (χ4v) is 3.40. The van der Waals surface area contributed by atoms with E-state index in [4.69, 9.17) is 9.72 Å². The first-order valence-corrected chi connectivity index (χ1v) is 9.71. The zero-order valence-corrected chi connectivity index (χ0v) is 17.6. The van der Waals surface area contributed by atoms with Gasteiger partial charge in [-0.3, -0.25) is 0 Å². The van der Waals surface area contributed by atoms with E-state index < -0.39 is 0 Å². The van der Waals surface area contributed by atoms with Crippen LogP contribution in [0.15, 0.2) is 60.8 Å². The lowest BCUT2D eigenvalue weighted by molar-refractivity contribution is 0.415. The summed E-state index contributed by atoms with van der Waals surface area (Å²) >= 11 is 0. The maximum Gasteiger partial charge on any atom is 0.245 e. The van der Waals surface area contributed by atoms with Crippen molar-refractivity contribution in [3.8, 4) is 22.7 Å². The molecule has 4 rings (SSSR count). The summed E-state index contributed by atoms with van der Waals surface area (Å²) in [5.74, 6) is 1.34. The highest BCUT2D eigenvalue weighted by Gasteiger charge is 2.11. The highest BCUT2D eigenvalue weighted by Crippen LogP contribution is 2.23. The van der Waals surface area contributed by atoms with Crippen molar-refractivity contribution in [3.05, 3.63) is 77.7 Å². The molecule has 0 atom stereocenters. The molecule has 0 spiro atoms. The Balaban J connectivity index is 1.56. The first-order valence-electron chi connectivity index (χ1n) is 9.71. The van der Waals surface area contributed by atoms with Gasteiger partial charge in [0, 0.05) is 24.8 Å². The summed E-state index contributed by atoms with van der Waals surface area (Å²) in [5.41, 5.74) is 5.97. The fraction of sp³-hybridized carbons (Fsp3) is 0.217. The predicted octanol–water partition coefficient (Wildman–Crippen LogP) is 3.99. The van der Waals surface area contributed by atoms with Crippen LogP contribution in [0.5, 0.6) is 5.75 Å². The molecule has 0 saturated carbocycles. The third-order valence-corrected chi connectivity index (χ3v) is 4.84. The van der Waals surface area contributed by atoms with E-state index in [1.807, 2.05) is 53.9 Å². The minimum absolute atomic E-state index is 0.562. The van der Waals surface area contributed by atoms with Gasteiger partial charge < -0.3 is 9.64 Å². The summed E-state index contributed by atoms with van der Waals surface area (Å²) in [4.78, 5) is 6.67. The van der Waals surface area contributed by atoms with Crippen LogP contribution in [0.25, 0.3) is 16.9 Å². The molecule has 0 radical (unpaired) electrons. The Kier molecular flexibility index (Phi) is 5.43. The molecule has 7 nitrogen and oxygen atoms in total. The molecule has 2 aromatic carbocycles. The molecule has 0 aliphatic heterocycles. The Labute approximate surface area is 176 Å². The van der Waals surface area contributed by atoms with Crippen molar-refractivity contribution in [1.29, 1.82) is 0 Å². The molecular formula is C23H24N6O. The molecule has 0 aliphatic carbocycles. The molecule has 0 fully saturated rings. The second-order valence-electron chi connectivity index (χ2n) is 7.24. The van der Waals surface area contributed by atoms with Crippen LogP contribution in [0, 0.1) is 13.8 Å². The molecule has 7 heteroatoms. The molecule has 0 amide bonds. The van der Waals surface area contributed by atoms with Crippen LogP contribution in [0.2, 0.25) is 0 Å². The van der Waals surface area contributed by atoms with Gasteiger partial charge in [0.25, 0.3) is 0 Å². The SMILES string of the molecule is COc1cccc(-c2cnnc(N(C)Cc3cccc(-n4nc(C)cc4C)c3)n2)c1. The predicted molar refractivity (Wildman–Crippen MR) is 117 cm³/mol. The van der Waals surface area contributed by atoms with Gasteiger partial charge in [-0.1, -0.05) is 24.3 Å². The summed E-state index contributed by atoms with van der Waals surface area (Å²) in [5, 5.41) is 12.9. The Morgan fingerprint density at radius 1 is 1.03 bits per heavy atom. The van der Waals surface area contributed by atoms with Crippen molar-refractivity contribution in [3.63, 3.8) is 0 Å². The van der Waals surface area contributed by atoms with Crippen LogP contribution < -0.4 is 9.64 Å². The van der Waals surface area contributed by atoms with Crippen LogP contribution in [0.4, 0.5) is 5.95 Å². The van der Waals surface area contributed by atoms with Crippen molar-refractivity contribution in [2.75, 3.05) is 19.1 Å². The zero-order valence-electron chi connectivity index (χ0n) is 17.6. The summed E-state index contributed by atoms with van der Waals surface area (Å²) in [7, 11) is 3.61. The highest BCUT2D eigenvalue weighted by atomic mass is 16.5. The lowest BCUT2D eigenvalue weighted by Crippen LogP contribution is -2.20. The molecule has 0 N–H and O–H groups in total. The zero-order chi connectivity index (χ0) is 21.1. The van der Waals surface area contributed by atoms with Crippen molar-refractivity contribution in [2.45, 2.75) is 20.4 Å². The number of aryl methyl sites for hydroxylation is 2. The number of benzene rings is 2. The molecule has 2 aromatic heterocycles. The molecule has 4 aromatic rings. The van der Waals surface area contributed by atoms with Crippen LogP contribution in [-0.4, -0.2) is 39.1 Å². The van der Waals surface area contributed by atoms with Gasteiger partial charge in [0.2, 0.25) is 5.95 Å². The molecule has 30 heavy (non-hydrogen) atoms. The minimum Gasteiger partial charge on any atom is -0.497 e. The van der Waals surface area contributed by atoms with E-state index in [0.717, 1.165) is 39.6 Å². The smallest absolute Gasteiger partial charge is 0.245 e. The summed E-state index contributed by atoms with van der Waals surface area (Å²) in [6.07, 6.45) is 1.66. The number of anilines is 1. The molecule has 2 heterocycles. The van der Waals surface area contributed by atoms with Crippen LogP contribution in [0.3, 0.4) is 0 Å². The third-order valence-electron chi connectivity index (χ3n) is 4.84. The van der Waals surface area contributed by atoms with E-state index in [9.17, 15) is 0 Å². The van der Waals surface area contributed by atoms with E-state index in [0.29, 0.717) is 12.5 Å². The van der Waals surface area contributed by atoms with Crippen LogP contribution in [0.1, 0.15) is 17.0 Å². The minimum atomic E-state index is 0.562. The van der Waals surface area contributed by atoms with Gasteiger partial charge in [0.1, 0.15) is 5.75 Å². The molecule has 0 saturated heterocycles. The molecule has 152 valence electrons. The first kappa shape index (κ1) is 19.6. The van der Waals surface area contributed by atoms with Gasteiger partial charge in [-0.15, -0.1) is 5.10 Å². The summed E-state index contributed by atoms with van der Waals surface area (Å²) in [6, 6.07) is 18.2. The fourth-order valence-electron chi connectivity index (χ4n) is 3.40. The number of aromatic nitrogens is 5. The number of methoxy groups -OCH3 is 1. The van der Waals surface area contributed by atoms with Crippen LogP contribution in [-0.2, 0) is 6.54 Å². The van der Waals surface area contributed by atoms with E-state index in [1.165, 1.54) is 0 Å². The van der Waals surface area contributed by atoms with Gasteiger partial charge in [0.15, 0.2) is 0 Å². The Morgan fingerprint density at radius 2 is 1.87 bits per heavy atom. The Hall–Kier alpha value is -3.74. The van der Waals surface area contributed by atoms with Crippen molar-refractivity contribution in [1.82, 2.24) is 25.0 Å². The van der Waals surface area contributed by atoms with Crippen molar-refractivity contribution < 1.29 is 4.74 Å². The Bertz CT molecular complexity index is 1170. The average molecular weight is 400 g/mol. The second-order valence-corrected chi connectivity index (χ2v) is 7.24. The second kappa shape index (κ2) is 8.32. The van der Waals surface area contributed by atoms with E-state index in [-0.39, 0.29) is 0 Å². The summed E-state index contributed by atoms with van der Waals surface area (Å²) < 4.78 is 7.27. The summed E-state index contributed by atoms with van der Waals surface area (Å²) in [6.45, 7) is 4.71. The normalized spacial score (nSPS) is 10.8. The average Bonchev–Trinajstić information content (AvgIpc) is 3.12. The number of hydrogen-bond donors (Lipinski definition) is 0. The Morgan fingerprint density at radius 3 is 2.63 bits per heavy atom. The maximum absolute atomic E-state index is 5.31. The van der Waals surface area contributed by atoms with Crippen molar-refractivity contribution >= 4 is 5.95 Å². The lowest BCUT2D eigenvalue weighted by Gasteiger charge is -2.17. The van der Waals surface area contributed by atoms with E-state index in [2.05, 4.69) is 46.5 Å². The topological polar surface area (TPSA) is 69.0 Å².